The van der Waals surface area contributed by atoms with Crippen LogP contribution in [0.4, 0.5) is 4.79 Å². The van der Waals surface area contributed by atoms with E-state index >= 15 is 0 Å². The average Bonchev–Trinajstić information content (AvgIpc) is 2.66. The largest absolute Gasteiger partial charge is 0.476 e. The summed E-state index contributed by atoms with van der Waals surface area (Å²) in [5.74, 6) is 0.331. The second-order valence-electron chi connectivity index (χ2n) is 5.15. The van der Waals surface area contributed by atoms with Crippen molar-refractivity contribution < 1.29 is 14.3 Å². The van der Waals surface area contributed by atoms with E-state index < -0.39 is 11.7 Å². The van der Waals surface area contributed by atoms with E-state index in [4.69, 9.17) is 21.1 Å². The number of pyridine rings is 1. The lowest BCUT2D eigenvalue weighted by Gasteiger charge is -2.19. The van der Waals surface area contributed by atoms with Crippen molar-refractivity contribution in [1.82, 2.24) is 14.8 Å². The summed E-state index contributed by atoms with van der Waals surface area (Å²) in [6, 6.07) is 1.55. The van der Waals surface area contributed by atoms with Gasteiger partial charge in [0.2, 0.25) is 5.88 Å². The van der Waals surface area contributed by atoms with Crippen molar-refractivity contribution in [2.45, 2.75) is 33.3 Å². The molecule has 0 aromatic carbocycles. The quantitative estimate of drug-likeness (QED) is 0.796. The van der Waals surface area contributed by atoms with Gasteiger partial charge in [-0.05, 0) is 27.7 Å². The van der Waals surface area contributed by atoms with Crippen LogP contribution < -0.4 is 4.74 Å². The number of aromatic nitrogens is 3. The van der Waals surface area contributed by atoms with Crippen LogP contribution in [0, 0.1) is 0 Å². The molecule has 20 heavy (non-hydrogen) atoms. The molecule has 0 unspecified atom stereocenters. The average molecular weight is 298 g/mol. The first-order valence-corrected chi connectivity index (χ1v) is 6.60. The maximum atomic E-state index is 12.2. The van der Waals surface area contributed by atoms with Crippen molar-refractivity contribution in [1.29, 1.82) is 0 Å². The molecule has 0 saturated carbocycles. The first-order valence-electron chi connectivity index (χ1n) is 6.22. The fourth-order valence-corrected chi connectivity index (χ4v) is 1.80. The smallest absolute Gasteiger partial charge is 0.435 e. The predicted octanol–water partition coefficient (Wildman–Crippen LogP) is 3.27. The molecule has 6 nitrogen and oxygen atoms in total. The van der Waals surface area contributed by atoms with Gasteiger partial charge < -0.3 is 9.47 Å². The third kappa shape index (κ3) is 3.01. The molecule has 2 heterocycles. The summed E-state index contributed by atoms with van der Waals surface area (Å²) in [5, 5.41) is 5.01. The summed E-state index contributed by atoms with van der Waals surface area (Å²) in [6.45, 7) is 7.63. The zero-order chi connectivity index (χ0) is 14.9. The predicted molar refractivity (Wildman–Crippen MR) is 75.3 cm³/mol. The Morgan fingerprint density at radius 1 is 1.45 bits per heavy atom. The van der Waals surface area contributed by atoms with Gasteiger partial charge in [0, 0.05) is 12.3 Å². The van der Waals surface area contributed by atoms with Crippen molar-refractivity contribution in [3.8, 4) is 5.88 Å². The molecule has 2 aromatic heterocycles. The van der Waals surface area contributed by atoms with Crippen LogP contribution in [0.25, 0.3) is 10.9 Å². The number of ether oxygens (including phenoxy) is 2. The van der Waals surface area contributed by atoms with Crippen LogP contribution >= 0.6 is 11.6 Å². The molecule has 0 N–H and O–H groups in total. The molecule has 0 aliphatic carbocycles. The van der Waals surface area contributed by atoms with Gasteiger partial charge in [-0.25, -0.2) is 9.78 Å². The Bertz CT molecular complexity index is 646. The molecule has 0 aliphatic rings. The first-order chi connectivity index (χ1) is 9.31. The van der Waals surface area contributed by atoms with E-state index in [1.165, 1.54) is 6.20 Å². The number of carbonyl (C=O) groups excluding carboxylic acids is 1. The topological polar surface area (TPSA) is 66.2 Å². The number of nitrogens with zero attached hydrogens (tertiary/aromatic N) is 3. The Balaban J connectivity index is 2.52. The molecular formula is C13H16ClN3O3. The van der Waals surface area contributed by atoms with Crippen LogP contribution in [0.1, 0.15) is 27.7 Å². The van der Waals surface area contributed by atoms with Crippen LogP contribution in [0.3, 0.4) is 0 Å². The summed E-state index contributed by atoms with van der Waals surface area (Å²) >= 11 is 5.87. The summed E-state index contributed by atoms with van der Waals surface area (Å²) < 4.78 is 11.8. The van der Waals surface area contributed by atoms with Gasteiger partial charge in [0.25, 0.3) is 0 Å². The van der Waals surface area contributed by atoms with Gasteiger partial charge in [-0.15, -0.1) is 5.10 Å². The fraction of sp³-hybridized carbons (Fsp3) is 0.462. The minimum Gasteiger partial charge on any atom is -0.476 e. The molecule has 0 spiro atoms. The molecule has 7 heteroatoms. The number of carbonyl (C=O) groups is 1. The minimum atomic E-state index is -0.613. The Labute approximate surface area is 121 Å². The number of rotatable bonds is 2. The summed E-state index contributed by atoms with van der Waals surface area (Å²) in [4.78, 5) is 16.1. The van der Waals surface area contributed by atoms with E-state index in [0.29, 0.717) is 23.4 Å². The van der Waals surface area contributed by atoms with Gasteiger partial charge in [0.15, 0.2) is 0 Å². The van der Waals surface area contributed by atoms with Gasteiger partial charge in [0.1, 0.15) is 10.8 Å². The number of halogens is 1. The van der Waals surface area contributed by atoms with Gasteiger partial charge in [-0.2, -0.15) is 4.68 Å². The van der Waals surface area contributed by atoms with Crippen LogP contribution in [0.15, 0.2) is 12.3 Å². The molecule has 0 atom stereocenters. The van der Waals surface area contributed by atoms with E-state index in [-0.39, 0.29) is 5.15 Å². The van der Waals surface area contributed by atoms with E-state index in [9.17, 15) is 4.79 Å². The molecule has 0 amide bonds. The summed E-state index contributed by atoms with van der Waals surface area (Å²) in [7, 11) is 0. The van der Waals surface area contributed by atoms with Crippen LogP contribution in [0.2, 0.25) is 5.15 Å². The maximum absolute atomic E-state index is 12.2. The highest BCUT2D eigenvalue weighted by molar-refractivity contribution is 6.30. The molecular weight excluding hydrogens is 282 g/mol. The molecule has 0 fully saturated rings. The summed E-state index contributed by atoms with van der Waals surface area (Å²) in [5.41, 5.74) is -0.111. The Morgan fingerprint density at radius 3 is 2.75 bits per heavy atom. The van der Waals surface area contributed by atoms with E-state index in [1.54, 1.807) is 26.8 Å². The van der Waals surface area contributed by atoms with Crippen molar-refractivity contribution in [3.05, 3.63) is 17.4 Å². The summed E-state index contributed by atoms with van der Waals surface area (Å²) in [6.07, 6.45) is 0.937. The van der Waals surface area contributed by atoms with Crippen LogP contribution in [-0.4, -0.2) is 33.1 Å². The SMILES string of the molecule is CCOc1nn(C(=O)OC(C)(C)C)c2cc(Cl)ncc12. The zero-order valence-corrected chi connectivity index (χ0v) is 12.6. The normalized spacial score (nSPS) is 11.7. The minimum absolute atomic E-state index is 0.269. The molecule has 0 bridgehead atoms. The number of hydrogen-bond donors (Lipinski definition) is 0. The van der Waals surface area contributed by atoms with Gasteiger partial charge in [-0.3, -0.25) is 0 Å². The number of hydrogen-bond acceptors (Lipinski definition) is 5. The Kier molecular flexibility index (Phi) is 3.85. The third-order valence-corrected chi connectivity index (χ3v) is 2.55. The van der Waals surface area contributed by atoms with Gasteiger partial charge >= 0.3 is 6.09 Å². The molecule has 108 valence electrons. The molecule has 0 radical (unpaired) electrons. The first kappa shape index (κ1) is 14.6. The molecule has 0 aliphatic heterocycles. The molecule has 0 saturated heterocycles. The standard InChI is InChI=1S/C13H16ClN3O3/c1-5-19-11-8-7-15-10(14)6-9(8)17(16-11)12(18)20-13(2,3)4/h6-7H,5H2,1-4H3. The lowest BCUT2D eigenvalue weighted by atomic mass is 10.2. The van der Waals surface area contributed by atoms with Crippen molar-refractivity contribution >= 4 is 28.6 Å². The Morgan fingerprint density at radius 2 is 2.15 bits per heavy atom. The highest BCUT2D eigenvalue weighted by atomic mass is 35.5. The Hall–Kier alpha value is -1.82. The second-order valence-corrected chi connectivity index (χ2v) is 5.54. The van der Waals surface area contributed by atoms with Crippen molar-refractivity contribution in [2.75, 3.05) is 6.61 Å². The zero-order valence-electron chi connectivity index (χ0n) is 11.8. The third-order valence-electron chi connectivity index (χ3n) is 2.35. The lowest BCUT2D eigenvalue weighted by molar-refractivity contribution is 0.0520. The second kappa shape index (κ2) is 5.28. The fourth-order valence-electron chi connectivity index (χ4n) is 1.65. The number of fused-ring (bicyclic) bond motifs is 1. The van der Waals surface area contributed by atoms with Gasteiger partial charge in [-0.1, -0.05) is 11.6 Å². The maximum Gasteiger partial charge on any atom is 0.435 e. The molecule has 2 rings (SSSR count). The van der Waals surface area contributed by atoms with Crippen molar-refractivity contribution in [3.63, 3.8) is 0 Å². The van der Waals surface area contributed by atoms with Crippen LogP contribution in [-0.2, 0) is 4.74 Å². The highest BCUT2D eigenvalue weighted by Crippen LogP contribution is 2.26. The van der Waals surface area contributed by atoms with Crippen molar-refractivity contribution in [2.24, 2.45) is 0 Å². The van der Waals surface area contributed by atoms with E-state index in [1.807, 2.05) is 6.92 Å². The highest BCUT2D eigenvalue weighted by Gasteiger charge is 2.23. The molecule has 2 aromatic rings. The van der Waals surface area contributed by atoms with E-state index in [2.05, 4.69) is 10.1 Å². The van der Waals surface area contributed by atoms with Crippen LogP contribution in [0.5, 0.6) is 5.88 Å². The monoisotopic (exact) mass is 297 g/mol. The van der Waals surface area contributed by atoms with Gasteiger partial charge in [0.05, 0.1) is 17.5 Å². The lowest BCUT2D eigenvalue weighted by Crippen LogP contribution is -2.27. The van der Waals surface area contributed by atoms with E-state index in [0.717, 1.165) is 4.68 Å².